The molecule has 0 aliphatic rings. The molecule has 0 saturated heterocycles. The van der Waals surface area contributed by atoms with Crippen LogP contribution in [0.2, 0.25) is 0 Å². The van der Waals surface area contributed by atoms with Crippen molar-refractivity contribution in [2.45, 2.75) is 0 Å². The molecule has 0 spiro atoms. The van der Waals surface area contributed by atoms with Gasteiger partial charge in [-0.1, -0.05) is 12.1 Å². The number of rotatable bonds is 1. The number of nitrogens with zero attached hydrogens (tertiary/aromatic N) is 2. The van der Waals surface area contributed by atoms with E-state index in [4.69, 9.17) is 10.8 Å². The smallest absolute Gasteiger partial charge is 0.178 e. The number of fused-ring (bicyclic) bond motifs is 1. The van der Waals surface area contributed by atoms with Gasteiger partial charge in [0.25, 0.3) is 0 Å². The Labute approximate surface area is 85.5 Å². The molecular formula is C10H9N3O2. The number of aliphatic hydroxyl groups is 2. The molecular weight excluding hydrogens is 194 g/mol. The summed E-state index contributed by atoms with van der Waals surface area (Å²) in [7, 11) is 0. The highest BCUT2D eigenvalue weighted by Gasteiger charge is 2.10. The molecule has 4 N–H and O–H groups in total. The quantitative estimate of drug-likeness (QED) is 0.484. The van der Waals surface area contributed by atoms with Gasteiger partial charge in [0.05, 0.1) is 6.20 Å². The molecule has 1 heterocycles. The lowest BCUT2D eigenvalue weighted by molar-refractivity contribution is 0.430. The standard InChI is InChI=1S/C10H9N3O2/c11-7-3-1-2-6-4-12-13-10(9(6)7)8(15)5-14/h1-5,14-15H,11H2. The molecule has 0 unspecified atom stereocenters. The molecule has 5 nitrogen and oxygen atoms in total. The Morgan fingerprint density at radius 2 is 2.20 bits per heavy atom. The normalized spacial score (nSPS) is 11.9. The summed E-state index contributed by atoms with van der Waals surface area (Å²) in [4.78, 5) is 0. The first-order valence-electron chi connectivity index (χ1n) is 4.27. The molecule has 5 heteroatoms. The van der Waals surface area contributed by atoms with Gasteiger partial charge in [-0.25, -0.2) is 0 Å². The lowest BCUT2D eigenvalue weighted by atomic mass is 10.1. The van der Waals surface area contributed by atoms with Gasteiger partial charge in [-0.2, -0.15) is 5.10 Å². The highest BCUT2D eigenvalue weighted by Crippen LogP contribution is 2.25. The predicted molar refractivity (Wildman–Crippen MR) is 57.2 cm³/mol. The van der Waals surface area contributed by atoms with Gasteiger partial charge in [-0.15, -0.1) is 5.10 Å². The van der Waals surface area contributed by atoms with Crippen LogP contribution < -0.4 is 5.73 Å². The van der Waals surface area contributed by atoms with E-state index in [-0.39, 0.29) is 11.5 Å². The number of benzene rings is 1. The van der Waals surface area contributed by atoms with E-state index in [0.29, 0.717) is 17.3 Å². The molecule has 0 fully saturated rings. The monoisotopic (exact) mass is 203 g/mol. The van der Waals surface area contributed by atoms with Crippen LogP contribution in [0.3, 0.4) is 0 Å². The Morgan fingerprint density at radius 1 is 1.40 bits per heavy atom. The minimum atomic E-state index is -0.356. The van der Waals surface area contributed by atoms with Crippen molar-refractivity contribution in [2.24, 2.45) is 0 Å². The Bertz CT molecular complexity index is 532. The number of nitrogens with two attached hydrogens (primary N) is 1. The maximum Gasteiger partial charge on any atom is 0.178 e. The van der Waals surface area contributed by atoms with Crippen LogP contribution in [0.15, 0.2) is 30.7 Å². The summed E-state index contributed by atoms with van der Waals surface area (Å²) in [6.45, 7) is 0. The van der Waals surface area contributed by atoms with E-state index in [2.05, 4.69) is 10.2 Å². The molecule has 76 valence electrons. The zero-order valence-corrected chi connectivity index (χ0v) is 7.75. The molecule has 0 bridgehead atoms. The molecule has 0 aliphatic heterocycles. The van der Waals surface area contributed by atoms with Crippen LogP contribution >= 0.6 is 0 Å². The van der Waals surface area contributed by atoms with Gasteiger partial charge in [0.1, 0.15) is 12.0 Å². The highest BCUT2D eigenvalue weighted by atomic mass is 16.3. The Morgan fingerprint density at radius 3 is 2.93 bits per heavy atom. The fourth-order valence-electron chi connectivity index (χ4n) is 1.41. The summed E-state index contributed by atoms with van der Waals surface area (Å²) >= 11 is 0. The molecule has 2 aromatic rings. The molecule has 2 rings (SSSR count). The second kappa shape index (κ2) is 3.45. The van der Waals surface area contributed by atoms with Crippen LogP contribution in [-0.4, -0.2) is 20.4 Å². The van der Waals surface area contributed by atoms with Crippen molar-refractivity contribution in [3.63, 3.8) is 0 Å². The minimum Gasteiger partial charge on any atom is -0.512 e. The summed E-state index contributed by atoms with van der Waals surface area (Å²) in [6, 6.07) is 5.27. The van der Waals surface area contributed by atoms with Gasteiger partial charge < -0.3 is 15.9 Å². The maximum absolute atomic E-state index is 9.40. The molecule has 0 aliphatic carbocycles. The van der Waals surface area contributed by atoms with E-state index >= 15 is 0 Å². The fraction of sp³-hybridized carbons (Fsp3) is 0. The molecule has 0 saturated carbocycles. The van der Waals surface area contributed by atoms with Crippen molar-refractivity contribution < 1.29 is 10.2 Å². The van der Waals surface area contributed by atoms with Gasteiger partial charge in [-0.3, -0.25) is 0 Å². The number of anilines is 1. The van der Waals surface area contributed by atoms with Crippen LogP contribution in [0.1, 0.15) is 5.69 Å². The lowest BCUT2D eigenvalue weighted by Crippen LogP contribution is -1.97. The maximum atomic E-state index is 9.40. The van der Waals surface area contributed by atoms with Crippen LogP contribution in [-0.2, 0) is 0 Å². The molecule has 0 radical (unpaired) electrons. The first-order valence-corrected chi connectivity index (χ1v) is 4.27. The van der Waals surface area contributed by atoms with E-state index in [1.807, 2.05) is 0 Å². The Balaban J connectivity index is 2.86. The van der Waals surface area contributed by atoms with Crippen molar-refractivity contribution in [1.29, 1.82) is 0 Å². The molecule has 0 amide bonds. The zero-order valence-electron chi connectivity index (χ0n) is 7.75. The zero-order chi connectivity index (χ0) is 10.8. The van der Waals surface area contributed by atoms with Gasteiger partial charge >= 0.3 is 0 Å². The second-order valence-electron chi connectivity index (χ2n) is 3.02. The summed E-state index contributed by atoms with van der Waals surface area (Å²) in [6.07, 6.45) is 2.11. The van der Waals surface area contributed by atoms with Crippen molar-refractivity contribution in [2.75, 3.05) is 5.73 Å². The van der Waals surface area contributed by atoms with E-state index in [9.17, 15) is 5.11 Å². The predicted octanol–water partition coefficient (Wildman–Crippen LogP) is 1.63. The van der Waals surface area contributed by atoms with Crippen LogP contribution in [0.5, 0.6) is 0 Å². The minimum absolute atomic E-state index is 0.174. The van der Waals surface area contributed by atoms with Gasteiger partial charge in [0.2, 0.25) is 0 Å². The first kappa shape index (κ1) is 9.26. The Kier molecular flexibility index (Phi) is 2.13. The third-order valence-electron chi connectivity index (χ3n) is 2.09. The summed E-state index contributed by atoms with van der Waals surface area (Å²) in [5.41, 5.74) is 6.41. The third kappa shape index (κ3) is 1.43. The number of nitrogen functional groups attached to an aromatic ring is 1. The number of aromatic nitrogens is 2. The SMILES string of the molecule is Nc1cccc2cnnc(C(O)=CO)c12. The number of aliphatic hydroxyl groups excluding tert-OH is 2. The summed E-state index contributed by atoms with van der Waals surface area (Å²) in [5.74, 6) is -0.356. The second-order valence-corrected chi connectivity index (χ2v) is 3.02. The van der Waals surface area contributed by atoms with Crippen molar-refractivity contribution in [3.05, 3.63) is 36.4 Å². The molecule has 1 aromatic carbocycles. The van der Waals surface area contributed by atoms with Gasteiger partial charge in [-0.05, 0) is 6.07 Å². The van der Waals surface area contributed by atoms with Crippen LogP contribution in [0.25, 0.3) is 16.5 Å². The van der Waals surface area contributed by atoms with Crippen LogP contribution in [0, 0.1) is 0 Å². The topological polar surface area (TPSA) is 92.3 Å². The first-order chi connectivity index (χ1) is 7.24. The van der Waals surface area contributed by atoms with Crippen molar-refractivity contribution >= 4 is 22.2 Å². The van der Waals surface area contributed by atoms with E-state index < -0.39 is 0 Å². The van der Waals surface area contributed by atoms with E-state index in [1.54, 1.807) is 24.4 Å². The largest absolute Gasteiger partial charge is 0.512 e. The number of hydrogen-bond acceptors (Lipinski definition) is 5. The van der Waals surface area contributed by atoms with E-state index in [1.165, 1.54) is 0 Å². The van der Waals surface area contributed by atoms with E-state index in [0.717, 1.165) is 5.39 Å². The third-order valence-corrected chi connectivity index (χ3v) is 2.09. The summed E-state index contributed by atoms with van der Waals surface area (Å²) < 4.78 is 0. The average molecular weight is 203 g/mol. The molecule has 0 atom stereocenters. The summed E-state index contributed by atoms with van der Waals surface area (Å²) in [5, 5.41) is 26.9. The average Bonchev–Trinajstić information content (AvgIpc) is 2.28. The molecule has 15 heavy (non-hydrogen) atoms. The number of hydrogen-bond donors (Lipinski definition) is 3. The van der Waals surface area contributed by atoms with Crippen molar-refractivity contribution in [3.8, 4) is 0 Å². The van der Waals surface area contributed by atoms with Crippen LogP contribution in [0.4, 0.5) is 5.69 Å². The highest BCUT2D eigenvalue weighted by molar-refractivity contribution is 5.98. The fourth-order valence-corrected chi connectivity index (χ4v) is 1.41. The van der Waals surface area contributed by atoms with Gasteiger partial charge in [0, 0.05) is 16.5 Å². The lowest BCUT2D eigenvalue weighted by Gasteiger charge is -2.05. The Hall–Kier alpha value is -2.30. The van der Waals surface area contributed by atoms with Crippen molar-refractivity contribution in [1.82, 2.24) is 10.2 Å². The van der Waals surface area contributed by atoms with Gasteiger partial charge in [0.15, 0.2) is 5.76 Å². The molecule has 1 aromatic heterocycles.